The Morgan fingerprint density at radius 1 is 0.737 bits per heavy atom. The number of hydrogen-bond acceptors (Lipinski definition) is 4. The Morgan fingerprint density at radius 2 is 1.46 bits per heavy atom. The molecule has 0 atom stereocenters. The molecule has 0 N–H and O–H groups in total. The predicted molar refractivity (Wildman–Crippen MR) is 236 cm³/mol. The number of hydrogen-bond donors (Lipinski definition) is 0. The zero-order valence-electron chi connectivity index (χ0n) is 34.7. The van der Waals surface area contributed by atoms with Gasteiger partial charge in [-0.3, -0.25) is 4.98 Å². The number of para-hydroxylation sites is 2. The summed E-state index contributed by atoms with van der Waals surface area (Å²) in [6.07, 6.45) is 2.00. The van der Waals surface area contributed by atoms with Crippen LogP contribution in [0.1, 0.15) is 43.5 Å². The van der Waals surface area contributed by atoms with E-state index in [1.807, 2.05) is 81.6 Å². The van der Waals surface area contributed by atoms with Crippen LogP contribution in [0.15, 0.2) is 132 Å². The summed E-state index contributed by atoms with van der Waals surface area (Å²) in [5, 5.41) is 2.01. The van der Waals surface area contributed by atoms with Crippen LogP contribution in [0.4, 0.5) is 0 Å². The van der Waals surface area contributed by atoms with Gasteiger partial charge >= 0.3 is 120 Å². The summed E-state index contributed by atoms with van der Waals surface area (Å²) in [6, 6.07) is 48.0. The van der Waals surface area contributed by atoms with E-state index in [2.05, 4.69) is 125 Å². The number of benzene rings is 5. The van der Waals surface area contributed by atoms with Crippen LogP contribution in [0.3, 0.4) is 0 Å². The maximum Gasteiger partial charge on any atom is 0 e. The molecule has 0 bridgehead atoms. The molecule has 0 unspecified atom stereocenters. The third kappa shape index (κ3) is 7.92. The standard InChI is InChI=1S/C33H24N3O.C17H22GeN.Ir/c1-20-18-24(23-10-5-4-6-11-23)19-21(2)30(20)36-29-15-8-7-14-28(29)35-32(36)27-13-9-12-25-26-17-16-22(3)34-33(26)37-31(25)27;1-13(2)15-11-17(14-9-7-6-8-10-14)19-12-16(15)18(3,4)5;/h4-12,14-19H,1-3H3;6-9,11-13H,1-5H3;/q2*-1;/i;13D;. The van der Waals surface area contributed by atoms with Crippen molar-refractivity contribution < 1.29 is 25.9 Å². The number of fused-ring (bicyclic) bond motifs is 4. The second-order valence-corrected chi connectivity index (χ2v) is 26.3. The van der Waals surface area contributed by atoms with Crippen molar-refractivity contribution in [1.29, 1.82) is 0 Å². The van der Waals surface area contributed by atoms with Crippen LogP contribution >= 0.6 is 0 Å². The third-order valence-corrected chi connectivity index (χ3v) is 14.5. The topological polar surface area (TPSA) is 56.7 Å². The number of nitrogens with zero attached hydrogens (tertiary/aromatic N) is 4. The van der Waals surface area contributed by atoms with E-state index in [0.717, 1.165) is 67.0 Å². The molecule has 9 rings (SSSR count). The van der Waals surface area contributed by atoms with Gasteiger partial charge in [-0.2, -0.15) is 0 Å². The summed E-state index contributed by atoms with van der Waals surface area (Å²) < 4.78 is 18.4. The van der Waals surface area contributed by atoms with Crippen molar-refractivity contribution in [3.8, 4) is 39.5 Å². The Labute approximate surface area is 353 Å². The normalized spacial score (nSPS) is 12.0. The van der Waals surface area contributed by atoms with Crippen LogP contribution < -0.4 is 4.40 Å². The molecule has 0 saturated carbocycles. The number of imidazole rings is 1. The van der Waals surface area contributed by atoms with Crippen molar-refractivity contribution >= 4 is 50.8 Å². The number of furan rings is 1. The maximum atomic E-state index is 8.44. The molecule has 5 nitrogen and oxygen atoms in total. The average Bonchev–Trinajstić information content (AvgIpc) is 3.76. The first kappa shape index (κ1) is 38.7. The van der Waals surface area contributed by atoms with E-state index < -0.39 is 19.2 Å². The summed E-state index contributed by atoms with van der Waals surface area (Å²) in [5.41, 5.74) is 14.0. The van der Waals surface area contributed by atoms with E-state index in [1.54, 1.807) is 0 Å². The number of pyridine rings is 2. The van der Waals surface area contributed by atoms with Crippen molar-refractivity contribution in [3.63, 3.8) is 0 Å². The summed E-state index contributed by atoms with van der Waals surface area (Å²) in [7, 11) is 0. The van der Waals surface area contributed by atoms with E-state index in [-0.39, 0.29) is 20.1 Å². The van der Waals surface area contributed by atoms with E-state index >= 15 is 0 Å². The quantitative estimate of drug-likeness (QED) is 0.123. The summed E-state index contributed by atoms with van der Waals surface area (Å²) >= 11 is -2.03. The Hall–Kier alpha value is -5.14. The van der Waals surface area contributed by atoms with E-state index in [0.29, 0.717) is 5.71 Å². The van der Waals surface area contributed by atoms with Crippen LogP contribution in [-0.4, -0.2) is 32.8 Å². The van der Waals surface area contributed by atoms with Crippen molar-refractivity contribution in [1.82, 2.24) is 19.5 Å². The summed E-state index contributed by atoms with van der Waals surface area (Å²) in [4.78, 5) is 14.4. The first-order valence-electron chi connectivity index (χ1n) is 19.6. The van der Waals surface area contributed by atoms with Crippen molar-refractivity contribution in [3.05, 3.63) is 162 Å². The fourth-order valence-electron chi connectivity index (χ4n) is 7.57. The molecule has 0 saturated heterocycles. The maximum absolute atomic E-state index is 8.44. The molecule has 0 fully saturated rings. The molecule has 287 valence electrons. The minimum Gasteiger partial charge on any atom is 0 e. The molecule has 0 aliphatic carbocycles. The summed E-state index contributed by atoms with van der Waals surface area (Å²) in [6.45, 7) is 10.2. The van der Waals surface area contributed by atoms with Gasteiger partial charge in [0, 0.05) is 36.9 Å². The molecule has 0 aliphatic heterocycles. The molecule has 0 aliphatic rings. The van der Waals surface area contributed by atoms with E-state index in [4.69, 9.17) is 10.8 Å². The van der Waals surface area contributed by atoms with Crippen molar-refractivity contribution in [2.24, 2.45) is 0 Å². The smallest absolute Gasteiger partial charge is 0 e. The molecular formula is C50H46GeIrN4O-2. The zero-order valence-corrected chi connectivity index (χ0v) is 38.1. The third-order valence-electron chi connectivity index (χ3n) is 10.3. The van der Waals surface area contributed by atoms with Crippen LogP contribution in [0.5, 0.6) is 0 Å². The van der Waals surface area contributed by atoms with Crippen LogP contribution in [0.2, 0.25) is 17.3 Å². The Morgan fingerprint density at radius 3 is 2.16 bits per heavy atom. The van der Waals surface area contributed by atoms with Gasteiger partial charge in [-0.25, -0.2) is 4.98 Å². The molecule has 0 spiro atoms. The second-order valence-electron chi connectivity index (χ2n) is 15.7. The van der Waals surface area contributed by atoms with Gasteiger partial charge in [0.15, 0.2) is 0 Å². The molecule has 4 aromatic heterocycles. The van der Waals surface area contributed by atoms with Crippen LogP contribution in [0, 0.1) is 32.9 Å². The van der Waals surface area contributed by atoms with Gasteiger partial charge < -0.3 is 8.98 Å². The SMILES string of the molecule is Cc1ccc2c(n1)oc1c(-c3nc4ccccc4n3-c3c(C)cc(-c4ccccc4)cc3C)[c-]ccc12.[2H]C(C)(C)c1cc(-c2[c-]cccc2)nc[c]1[Ge]([CH3])([CH3])[CH3].[Ir]. The fraction of sp³-hybridized carbons (Fsp3) is 0.180. The van der Waals surface area contributed by atoms with E-state index in [1.165, 1.54) is 26.6 Å². The van der Waals surface area contributed by atoms with Gasteiger partial charge in [0.25, 0.3) is 0 Å². The molecule has 57 heavy (non-hydrogen) atoms. The monoisotopic (exact) mass is 986 g/mol. The van der Waals surface area contributed by atoms with Crippen LogP contribution in [-0.2, 0) is 20.1 Å². The Bertz CT molecular complexity index is 2880. The zero-order chi connectivity index (χ0) is 40.1. The predicted octanol–water partition coefficient (Wildman–Crippen LogP) is 12.6. The van der Waals surface area contributed by atoms with Crippen molar-refractivity contribution in [2.45, 2.75) is 57.8 Å². The van der Waals surface area contributed by atoms with Gasteiger partial charge in [-0.1, -0.05) is 53.4 Å². The second kappa shape index (κ2) is 16.4. The van der Waals surface area contributed by atoms with Gasteiger partial charge in [0.2, 0.25) is 5.71 Å². The minimum atomic E-state index is -2.03. The Kier molecular flexibility index (Phi) is 11.1. The number of aromatic nitrogens is 4. The molecule has 0 amide bonds. The molecular weight excluding hydrogens is 937 g/mol. The number of aryl methyl sites for hydroxylation is 3. The first-order valence-corrected chi connectivity index (χ1v) is 26.5. The minimum absolute atomic E-state index is 0. The first-order chi connectivity index (χ1) is 27.3. The number of rotatable bonds is 6. The van der Waals surface area contributed by atoms with E-state index in [9.17, 15) is 0 Å². The molecule has 5 aromatic carbocycles. The fourth-order valence-corrected chi connectivity index (χ4v) is 10.9. The van der Waals surface area contributed by atoms with Gasteiger partial charge in [-0.05, 0) is 79.4 Å². The molecule has 4 heterocycles. The van der Waals surface area contributed by atoms with Gasteiger partial charge in [0.1, 0.15) is 0 Å². The molecule has 1 radical (unpaired) electrons. The van der Waals surface area contributed by atoms with Gasteiger partial charge in [0.05, 0.1) is 22.4 Å². The average molecular weight is 985 g/mol. The van der Waals surface area contributed by atoms with Crippen LogP contribution in [0.25, 0.3) is 72.6 Å². The molecule has 9 aromatic rings. The largest absolute Gasteiger partial charge is 0 e. The molecule has 7 heteroatoms. The van der Waals surface area contributed by atoms with Gasteiger partial charge in [-0.15, -0.1) is 18.2 Å². The summed E-state index contributed by atoms with van der Waals surface area (Å²) in [5.74, 6) is 7.25. The Balaban J connectivity index is 0.000000208. The van der Waals surface area contributed by atoms with Crippen molar-refractivity contribution in [2.75, 3.05) is 0 Å².